The number of benzene rings is 2. The SMILES string of the molecule is COC(=O)C1=C(C(=O)OC)N(c2ccc(C3=NC(C)(C)CO3)cc2)C(N)=C(C#N)C1c1ccccc1. The summed E-state index contributed by atoms with van der Waals surface area (Å²) in [5.41, 5.74) is 7.91. The number of carbonyl (C=O) groups is 2. The third-order valence-electron chi connectivity index (χ3n) is 5.95. The van der Waals surface area contributed by atoms with Crippen LogP contribution < -0.4 is 10.6 Å². The minimum absolute atomic E-state index is 0.00254. The average Bonchev–Trinajstić information content (AvgIpc) is 3.27. The minimum Gasteiger partial charge on any atom is -0.475 e. The molecule has 0 aliphatic carbocycles. The number of carbonyl (C=O) groups excluding carboxylic acids is 2. The Morgan fingerprint density at radius 3 is 2.25 bits per heavy atom. The molecule has 184 valence electrons. The second-order valence-corrected chi connectivity index (χ2v) is 8.90. The van der Waals surface area contributed by atoms with Crippen LogP contribution in [0.1, 0.15) is 30.9 Å². The number of nitrogens with zero attached hydrogens (tertiary/aromatic N) is 3. The predicted molar refractivity (Wildman–Crippen MR) is 133 cm³/mol. The van der Waals surface area contributed by atoms with Gasteiger partial charge in [0.15, 0.2) is 0 Å². The van der Waals surface area contributed by atoms with E-state index in [0.717, 1.165) is 5.56 Å². The van der Waals surface area contributed by atoms with Crippen molar-refractivity contribution in [2.45, 2.75) is 25.3 Å². The Balaban J connectivity index is 1.92. The van der Waals surface area contributed by atoms with Crippen molar-refractivity contribution < 1.29 is 23.8 Å². The fraction of sp³-hybridized carbons (Fsp3) is 0.259. The highest BCUT2D eigenvalue weighted by Gasteiger charge is 2.43. The zero-order chi connectivity index (χ0) is 26.0. The van der Waals surface area contributed by atoms with Crippen LogP contribution in [-0.2, 0) is 23.8 Å². The van der Waals surface area contributed by atoms with Crippen molar-refractivity contribution in [3.8, 4) is 6.07 Å². The third-order valence-corrected chi connectivity index (χ3v) is 5.95. The Bertz CT molecular complexity index is 1330. The van der Waals surface area contributed by atoms with E-state index in [1.165, 1.54) is 19.1 Å². The Hall–Kier alpha value is -4.58. The van der Waals surface area contributed by atoms with Gasteiger partial charge < -0.3 is 19.9 Å². The minimum atomic E-state index is -0.920. The van der Waals surface area contributed by atoms with Crippen molar-refractivity contribution in [3.05, 3.63) is 88.4 Å². The maximum absolute atomic E-state index is 13.1. The summed E-state index contributed by atoms with van der Waals surface area (Å²) >= 11 is 0. The first-order valence-electron chi connectivity index (χ1n) is 11.2. The molecule has 0 spiro atoms. The summed E-state index contributed by atoms with van der Waals surface area (Å²) in [7, 11) is 2.42. The number of anilines is 1. The van der Waals surface area contributed by atoms with Gasteiger partial charge in [-0.25, -0.2) is 14.6 Å². The Morgan fingerprint density at radius 2 is 1.72 bits per heavy atom. The number of esters is 2. The summed E-state index contributed by atoms with van der Waals surface area (Å²) in [6.45, 7) is 4.42. The predicted octanol–water partition coefficient (Wildman–Crippen LogP) is 3.14. The maximum atomic E-state index is 13.1. The number of aliphatic imine (C=N–C) groups is 1. The van der Waals surface area contributed by atoms with E-state index >= 15 is 0 Å². The highest BCUT2D eigenvalue weighted by molar-refractivity contribution is 6.06. The van der Waals surface area contributed by atoms with Gasteiger partial charge in [0.05, 0.1) is 42.9 Å². The van der Waals surface area contributed by atoms with Crippen LogP contribution in [0.4, 0.5) is 5.69 Å². The first kappa shape index (κ1) is 24.5. The topological polar surface area (TPSA) is 127 Å². The summed E-state index contributed by atoms with van der Waals surface area (Å²) in [5, 5.41) is 10.1. The fourth-order valence-corrected chi connectivity index (χ4v) is 4.27. The smallest absolute Gasteiger partial charge is 0.355 e. The lowest BCUT2D eigenvalue weighted by Gasteiger charge is -2.35. The highest BCUT2D eigenvalue weighted by Crippen LogP contribution is 2.43. The fourth-order valence-electron chi connectivity index (χ4n) is 4.27. The van der Waals surface area contributed by atoms with Crippen LogP contribution in [0.25, 0.3) is 0 Å². The number of hydrogen-bond donors (Lipinski definition) is 1. The second kappa shape index (κ2) is 9.58. The van der Waals surface area contributed by atoms with E-state index in [2.05, 4.69) is 11.1 Å². The zero-order valence-corrected chi connectivity index (χ0v) is 20.4. The largest absolute Gasteiger partial charge is 0.475 e. The van der Waals surface area contributed by atoms with Gasteiger partial charge in [0.2, 0.25) is 5.90 Å². The van der Waals surface area contributed by atoms with Crippen molar-refractivity contribution in [3.63, 3.8) is 0 Å². The average molecular weight is 487 g/mol. The number of nitriles is 1. The lowest BCUT2D eigenvalue weighted by molar-refractivity contribution is -0.139. The first-order valence-corrected chi connectivity index (χ1v) is 11.2. The molecular weight excluding hydrogens is 460 g/mol. The van der Waals surface area contributed by atoms with Gasteiger partial charge in [0.1, 0.15) is 18.1 Å². The van der Waals surface area contributed by atoms with Crippen LogP contribution in [0, 0.1) is 11.3 Å². The molecule has 0 bridgehead atoms. The van der Waals surface area contributed by atoms with Crippen molar-refractivity contribution >= 4 is 23.5 Å². The van der Waals surface area contributed by atoms with Crippen molar-refractivity contribution in [1.29, 1.82) is 5.26 Å². The number of nitrogens with two attached hydrogens (primary N) is 1. The third kappa shape index (κ3) is 4.29. The molecule has 9 nitrogen and oxygen atoms in total. The Labute approximate surface area is 209 Å². The summed E-state index contributed by atoms with van der Waals surface area (Å²) in [5.74, 6) is -1.98. The Kier molecular flexibility index (Phi) is 6.53. The number of ether oxygens (including phenoxy) is 3. The highest BCUT2D eigenvalue weighted by atomic mass is 16.5. The monoisotopic (exact) mass is 486 g/mol. The van der Waals surface area contributed by atoms with Gasteiger partial charge in [0, 0.05) is 11.3 Å². The molecule has 2 aromatic carbocycles. The molecule has 0 aromatic heterocycles. The molecule has 2 aliphatic heterocycles. The number of hydrogen-bond acceptors (Lipinski definition) is 9. The molecule has 0 fully saturated rings. The summed E-state index contributed by atoms with van der Waals surface area (Å²) in [6, 6.07) is 17.9. The molecule has 4 rings (SSSR count). The van der Waals surface area contributed by atoms with Crippen LogP contribution >= 0.6 is 0 Å². The molecule has 2 aromatic rings. The molecule has 2 N–H and O–H groups in total. The first-order chi connectivity index (χ1) is 17.2. The number of allylic oxidation sites excluding steroid dienone is 1. The molecule has 0 saturated carbocycles. The van der Waals surface area contributed by atoms with Gasteiger partial charge in [-0.3, -0.25) is 4.90 Å². The molecule has 0 saturated heterocycles. The zero-order valence-electron chi connectivity index (χ0n) is 20.4. The second-order valence-electron chi connectivity index (χ2n) is 8.90. The lowest BCUT2D eigenvalue weighted by Crippen LogP contribution is -2.40. The van der Waals surface area contributed by atoms with E-state index in [4.69, 9.17) is 19.9 Å². The van der Waals surface area contributed by atoms with Crippen LogP contribution in [-0.4, -0.2) is 44.2 Å². The summed E-state index contributed by atoms with van der Waals surface area (Å²) in [6.07, 6.45) is 0. The quantitative estimate of drug-likeness (QED) is 0.639. The van der Waals surface area contributed by atoms with Crippen LogP contribution in [0.2, 0.25) is 0 Å². The van der Waals surface area contributed by atoms with Crippen LogP contribution in [0.15, 0.2) is 82.3 Å². The van der Waals surface area contributed by atoms with E-state index < -0.39 is 17.9 Å². The van der Waals surface area contributed by atoms with Gasteiger partial charge in [0.25, 0.3) is 0 Å². The van der Waals surface area contributed by atoms with Gasteiger partial charge >= 0.3 is 11.9 Å². The van der Waals surface area contributed by atoms with Crippen molar-refractivity contribution in [1.82, 2.24) is 0 Å². The van der Waals surface area contributed by atoms with E-state index in [0.29, 0.717) is 23.8 Å². The molecule has 1 atom stereocenters. The maximum Gasteiger partial charge on any atom is 0.355 e. The molecule has 0 radical (unpaired) electrons. The van der Waals surface area contributed by atoms with E-state index in [-0.39, 0.29) is 28.2 Å². The van der Waals surface area contributed by atoms with Gasteiger partial charge in [-0.15, -0.1) is 0 Å². The van der Waals surface area contributed by atoms with E-state index in [9.17, 15) is 14.9 Å². The number of rotatable bonds is 5. The van der Waals surface area contributed by atoms with Gasteiger partial charge in [-0.05, 0) is 43.7 Å². The summed E-state index contributed by atoms with van der Waals surface area (Å²) < 4.78 is 15.8. The van der Waals surface area contributed by atoms with Gasteiger partial charge in [-0.2, -0.15) is 5.26 Å². The molecule has 2 heterocycles. The molecule has 9 heteroatoms. The molecule has 1 unspecified atom stereocenters. The Morgan fingerprint density at radius 1 is 1.08 bits per heavy atom. The lowest BCUT2D eigenvalue weighted by atomic mass is 9.81. The summed E-state index contributed by atoms with van der Waals surface area (Å²) in [4.78, 5) is 32.1. The number of methoxy groups -OCH3 is 2. The van der Waals surface area contributed by atoms with Crippen molar-refractivity contribution in [2.75, 3.05) is 25.7 Å². The van der Waals surface area contributed by atoms with Crippen LogP contribution in [0.5, 0.6) is 0 Å². The van der Waals surface area contributed by atoms with E-state index in [1.54, 1.807) is 48.5 Å². The van der Waals surface area contributed by atoms with Crippen molar-refractivity contribution in [2.24, 2.45) is 10.7 Å². The molecular formula is C27H26N4O5. The molecule has 2 aliphatic rings. The van der Waals surface area contributed by atoms with Crippen LogP contribution in [0.3, 0.4) is 0 Å². The van der Waals surface area contributed by atoms with Gasteiger partial charge in [-0.1, -0.05) is 30.3 Å². The molecule has 36 heavy (non-hydrogen) atoms. The standard InChI is InChI=1S/C27H26N4O5/c1-27(2)15-36-24(30-27)17-10-12-18(13-11-17)31-22(26(33)35-4)21(25(32)34-3)20(19(14-28)23(31)29)16-8-6-5-7-9-16/h5-13,20H,15,29H2,1-4H3. The van der Waals surface area contributed by atoms with E-state index in [1.807, 2.05) is 19.9 Å². The normalized spacial score (nSPS) is 18.8. The molecule has 0 amide bonds.